The fourth-order valence-electron chi connectivity index (χ4n) is 2.72. The summed E-state index contributed by atoms with van der Waals surface area (Å²) in [5, 5.41) is 25.3. The maximum absolute atomic E-state index is 10.8. The minimum atomic E-state index is -0.921. The number of carbonyl (C=O) groups excluding carboxylic acids is 1. The number of carbonyl (C=O) groups is 2. The molecule has 1 atom stereocenters. The lowest BCUT2D eigenvalue weighted by molar-refractivity contribution is -0.137. The van der Waals surface area contributed by atoms with E-state index in [0.29, 0.717) is 38.2 Å². The Morgan fingerprint density at radius 1 is 1.40 bits per heavy atom. The van der Waals surface area contributed by atoms with Crippen molar-refractivity contribution in [3.63, 3.8) is 0 Å². The quantitative estimate of drug-likeness (QED) is 0.337. The minimum Gasteiger partial charge on any atom is -0.481 e. The fraction of sp³-hybridized carbons (Fsp3) is 0.588. The van der Waals surface area contributed by atoms with E-state index in [2.05, 4.69) is 15.6 Å². The molecule has 1 aromatic heterocycles. The second-order valence-electron chi connectivity index (χ2n) is 6.11. The van der Waals surface area contributed by atoms with Gasteiger partial charge in [0, 0.05) is 26.2 Å². The third-order valence-corrected chi connectivity index (χ3v) is 4.19. The zero-order valence-corrected chi connectivity index (χ0v) is 14.3. The number of amides is 1. The molecule has 0 saturated heterocycles. The monoisotopic (exact) mass is 350 g/mol. The summed E-state index contributed by atoms with van der Waals surface area (Å²) in [4.78, 5) is 27.3. The Bertz CT molecular complexity index is 582. The van der Waals surface area contributed by atoms with Crippen LogP contribution < -0.4 is 10.6 Å². The number of carboxylic acids is 1. The molecule has 8 heteroatoms. The molecule has 138 valence electrons. The third-order valence-electron chi connectivity index (χ3n) is 4.19. The highest BCUT2D eigenvalue weighted by Crippen LogP contribution is 2.23. The average molecular weight is 350 g/mol. The Morgan fingerprint density at radius 2 is 2.24 bits per heavy atom. The molecule has 25 heavy (non-hydrogen) atoms. The summed E-state index contributed by atoms with van der Waals surface area (Å²) in [7, 11) is 0. The Labute approximate surface area is 147 Å². The number of nitrogens with zero attached hydrogens (tertiary/aromatic N) is 2. The van der Waals surface area contributed by atoms with Crippen molar-refractivity contribution in [2.45, 2.75) is 31.8 Å². The van der Waals surface area contributed by atoms with E-state index in [-0.39, 0.29) is 13.0 Å². The van der Waals surface area contributed by atoms with Gasteiger partial charge in [-0.25, -0.2) is 4.98 Å². The largest absolute Gasteiger partial charge is 0.481 e. The van der Waals surface area contributed by atoms with Crippen molar-refractivity contribution >= 4 is 18.2 Å². The lowest BCUT2D eigenvalue weighted by atomic mass is 10.1. The van der Waals surface area contributed by atoms with Gasteiger partial charge < -0.3 is 25.7 Å². The summed E-state index contributed by atoms with van der Waals surface area (Å²) in [5.41, 5.74) is 1.85. The van der Waals surface area contributed by atoms with E-state index < -0.39 is 12.1 Å². The number of aliphatic carboxylic acids is 1. The van der Waals surface area contributed by atoms with Crippen molar-refractivity contribution in [2.75, 3.05) is 38.0 Å². The van der Waals surface area contributed by atoms with Gasteiger partial charge >= 0.3 is 5.97 Å². The summed E-state index contributed by atoms with van der Waals surface area (Å²) in [6.07, 6.45) is 2.59. The molecule has 0 aliphatic carbocycles. The van der Waals surface area contributed by atoms with Crippen molar-refractivity contribution in [3.05, 3.63) is 23.4 Å². The lowest BCUT2D eigenvalue weighted by Crippen LogP contribution is -2.33. The first-order chi connectivity index (χ1) is 12.1. The molecule has 0 radical (unpaired) electrons. The number of aliphatic hydroxyl groups is 1. The summed E-state index contributed by atoms with van der Waals surface area (Å²) >= 11 is 0. The maximum Gasteiger partial charge on any atom is 0.305 e. The number of hydrogen-bond donors (Lipinski definition) is 4. The van der Waals surface area contributed by atoms with Crippen LogP contribution >= 0.6 is 0 Å². The lowest BCUT2D eigenvalue weighted by Gasteiger charge is -2.19. The first-order valence-electron chi connectivity index (χ1n) is 8.63. The van der Waals surface area contributed by atoms with Crippen LogP contribution in [0.2, 0.25) is 0 Å². The number of hydrogen-bond acceptors (Lipinski definition) is 6. The zero-order valence-electron chi connectivity index (χ0n) is 14.3. The van der Waals surface area contributed by atoms with Crippen molar-refractivity contribution in [1.82, 2.24) is 15.2 Å². The van der Waals surface area contributed by atoms with Gasteiger partial charge in [-0.1, -0.05) is 6.07 Å². The third kappa shape index (κ3) is 6.32. The molecule has 4 N–H and O–H groups in total. The first-order valence-corrected chi connectivity index (χ1v) is 8.63. The number of carboxylic acid groups (broad SMARTS) is 1. The highest BCUT2D eigenvalue weighted by molar-refractivity contribution is 5.67. The van der Waals surface area contributed by atoms with E-state index in [1.807, 2.05) is 12.1 Å². The van der Waals surface area contributed by atoms with Crippen LogP contribution in [-0.4, -0.2) is 65.2 Å². The molecule has 1 aliphatic rings. The Kier molecular flexibility index (Phi) is 7.62. The van der Waals surface area contributed by atoms with Crippen molar-refractivity contribution in [1.29, 1.82) is 0 Å². The smallest absolute Gasteiger partial charge is 0.305 e. The van der Waals surface area contributed by atoms with Gasteiger partial charge in [-0.3, -0.25) is 9.59 Å². The molecular weight excluding hydrogens is 324 g/mol. The molecular formula is C17H26N4O4. The predicted octanol–water partition coefficient (Wildman–Crippen LogP) is 0.386. The SMILES string of the molecule is O=CN(CCNCCC(O)c1ccc2c(n1)NCCC2)CCC(=O)O. The zero-order chi connectivity index (χ0) is 18.1. The Morgan fingerprint density at radius 3 is 3.00 bits per heavy atom. The number of fused-ring (bicyclic) bond motifs is 1. The topological polar surface area (TPSA) is 115 Å². The van der Waals surface area contributed by atoms with E-state index in [4.69, 9.17) is 5.11 Å². The molecule has 0 saturated carbocycles. The van der Waals surface area contributed by atoms with Gasteiger partial charge in [-0.2, -0.15) is 0 Å². The fourth-order valence-corrected chi connectivity index (χ4v) is 2.72. The Balaban J connectivity index is 1.67. The van der Waals surface area contributed by atoms with Crippen LogP contribution in [0.1, 0.15) is 36.6 Å². The van der Waals surface area contributed by atoms with Crippen LogP contribution in [-0.2, 0) is 16.0 Å². The Hall–Kier alpha value is -2.19. The van der Waals surface area contributed by atoms with Crippen LogP contribution in [0.5, 0.6) is 0 Å². The normalized spacial score (nSPS) is 14.3. The number of nitrogens with one attached hydrogen (secondary N) is 2. The van der Waals surface area contributed by atoms with Crippen LogP contribution in [0.3, 0.4) is 0 Å². The number of anilines is 1. The highest BCUT2D eigenvalue weighted by atomic mass is 16.4. The second-order valence-corrected chi connectivity index (χ2v) is 6.11. The van der Waals surface area contributed by atoms with Gasteiger partial charge in [-0.15, -0.1) is 0 Å². The van der Waals surface area contributed by atoms with Gasteiger partial charge in [0.05, 0.1) is 18.2 Å². The van der Waals surface area contributed by atoms with E-state index in [9.17, 15) is 14.7 Å². The van der Waals surface area contributed by atoms with Gasteiger partial charge in [0.1, 0.15) is 5.82 Å². The summed E-state index contributed by atoms with van der Waals surface area (Å²) in [6, 6.07) is 3.89. The molecule has 0 fully saturated rings. The molecule has 1 amide bonds. The molecule has 0 aromatic carbocycles. The average Bonchev–Trinajstić information content (AvgIpc) is 2.63. The highest BCUT2D eigenvalue weighted by Gasteiger charge is 2.14. The molecule has 0 bridgehead atoms. The number of aliphatic hydroxyl groups excluding tert-OH is 1. The van der Waals surface area contributed by atoms with Crippen molar-refractivity contribution in [3.8, 4) is 0 Å². The molecule has 8 nitrogen and oxygen atoms in total. The maximum atomic E-state index is 10.8. The van der Waals surface area contributed by atoms with Gasteiger partial charge in [0.15, 0.2) is 0 Å². The number of rotatable bonds is 11. The van der Waals surface area contributed by atoms with Crippen molar-refractivity contribution in [2.24, 2.45) is 0 Å². The molecule has 0 spiro atoms. The first kappa shape index (κ1) is 19.1. The molecule has 1 unspecified atom stereocenters. The number of aromatic nitrogens is 1. The van der Waals surface area contributed by atoms with E-state index in [1.165, 1.54) is 10.5 Å². The summed E-state index contributed by atoms with van der Waals surface area (Å²) in [6.45, 7) is 2.68. The standard InChI is InChI=1S/C17H26N4O4/c22-12-21(10-6-16(24)25)11-9-18-8-5-15(23)14-4-3-13-2-1-7-19-17(13)20-14/h3-4,12,15,18,23H,1-2,5-11H2,(H,19,20)(H,24,25). The number of pyridine rings is 1. The minimum absolute atomic E-state index is 0.0600. The molecule has 2 rings (SSSR count). The van der Waals surface area contributed by atoms with Gasteiger partial charge in [-0.05, 0) is 37.4 Å². The van der Waals surface area contributed by atoms with Crippen LogP contribution in [0.4, 0.5) is 5.82 Å². The van der Waals surface area contributed by atoms with Gasteiger partial charge in [0.25, 0.3) is 0 Å². The van der Waals surface area contributed by atoms with Crippen molar-refractivity contribution < 1.29 is 19.8 Å². The molecule has 1 aliphatic heterocycles. The van der Waals surface area contributed by atoms with Crippen LogP contribution in [0, 0.1) is 0 Å². The number of aryl methyl sites for hydroxylation is 1. The predicted molar refractivity (Wildman–Crippen MR) is 93.4 cm³/mol. The summed E-state index contributed by atoms with van der Waals surface area (Å²) in [5.74, 6) is -0.0502. The van der Waals surface area contributed by atoms with Crippen LogP contribution in [0.25, 0.3) is 0 Å². The molecule has 2 heterocycles. The van der Waals surface area contributed by atoms with Crippen LogP contribution in [0.15, 0.2) is 12.1 Å². The van der Waals surface area contributed by atoms with E-state index >= 15 is 0 Å². The second kappa shape index (κ2) is 9.95. The van der Waals surface area contributed by atoms with E-state index in [1.54, 1.807) is 0 Å². The van der Waals surface area contributed by atoms with Gasteiger partial charge in [0.2, 0.25) is 6.41 Å². The molecule has 1 aromatic rings. The summed E-state index contributed by atoms with van der Waals surface area (Å²) < 4.78 is 0. The van der Waals surface area contributed by atoms with E-state index in [0.717, 1.165) is 25.2 Å².